The number of benzene rings is 3. The molecule has 0 amide bonds. The third kappa shape index (κ3) is 7.23. The molecular weight excluding hydrogens is 537 g/mol. The van der Waals surface area contributed by atoms with Crippen LogP contribution >= 0.6 is 0 Å². The van der Waals surface area contributed by atoms with E-state index in [1.165, 1.54) is 44.6 Å². The van der Waals surface area contributed by atoms with Gasteiger partial charge in [0.15, 0.2) is 0 Å². The van der Waals surface area contributed by atoms with Crippen molar-refractivity contribution in [2.75, 3.05) is 0 Å². The highest BCUT2D eigenvalue weighted by Gasteiger charge is 2.26. The maximum Gasteiger partial charge on any atom is 0.409 e. The molecule has 214 valence electrons. The predicted octanol–water partition coefficient (Wildman–Crippen LogP) is 9.73. The highest BCUT2D eigenvalue weighted by atomic mass is 19.4. The van der Waals surface area contributed by atoms with Crippen LogP contribution in [0.25, 0.3) is 16.8 Å². The molecule has 3 aromatic rings. The standard InChI is InChI=1S/C31H29F7O2/c1-2-3-18-4-6-19(7-5-18)8-9-20-10-11-23-21(14-20)15-27(34)28(29(23)35)30(39)40-22-16-25(32)24(26(33)17-22)12-13-31(36,37)38/h10-19H,2-9H2,1H3. The molecule has 1 saturated carbocycles. The Balaban J connectivity index is 1.47. The van der Waals surface area contributed by atoms with Crippen LogP contribution in [-0.2, 0) is 6.42 Å². The van der Waals surface area contributed by atoms with Gasteiger partial charge in [-0.15, -0.1) is 0 Å². The smallest absolute Gasteiger partial charge is 0.409 e. The number of fused-ring (bicyclic) bond motifs is 1. The molecule has 0 aromatic heterocycles. The van der Waals surface area contributed by atoms with Gasteiger partial charge in [0.25, 0.3) is 0 Å². The van der Waals surface area contributed by atoms with Crippen LogP contribution in [0.5, 0.6) is 5.75 Å². The molecule has 40 heavy (non-hydrogen) atoms. The van der Waals surface area contributed by atoms with Crippen molar-refractivity contribution in [3.05, 3.63) is 82.4 Å². The quantitative estimate of drug-likeness (QED) is 0.154. The van der Waals surface area contributed by atoms with Gasteiger partial charge in [-0.05, 0) is 47.8 Å². The topological polar surface area (TPSA) is 26.3 Å². The largest absolute Gasteiger partial charge is 0.423 e. The van der Waals surface area contributed by atoms with Crippen LogP contribution in [0.1, 0.15) is 73.4 Å². The number of alkyl halides is 3. The summed E-state index contributed by atoms with van der Waals surface area (Å²) in [5, 5.41) is 0.232. The fourth-order valence-corrected chi connectivity index (χ4v) is 5.43. The van der Waals surface area contributed by atoms with Crippen molar-refractivity contribution < 1.29 is 40.3 Å². The van der Waals surface area contributed by atoms with Crippen molar-refractivity contribution in [2.45, 2.75) is 64.5 Å². The molecule has 0 heterocycles. The third-order valence-corrected chi connectivity index (χ3v) is 7.50. The zero-order valence-electron chi connectivity index (χ0n) is 21.9. The molecule has 1 aliphatic rings. The lowest BCUT2D eigenvalue weighted by Crippen LogP contribution is -2.15. The molecule has 0 radical (unpaired) electrons. The summed E-state index contributed by atoms with van der Waals surface area (Å²) in [4.78, 5) is 12.6. The van der Waals surface area contributed by atoms with Crippen LogP contribution in [0.2, 0.25) is 0 Å². The highest BCUT2D eigenvalue weighted by molar-refractivity contribution is 5.97. The molecule has 0 atom stereocenters. The van der Waals surface area contributed by atoms with E-state index < -0.39 is 52.3 Å². The first-order valence-electron chi connectivity index (χ1n) is 13.3. The summed E-state index contributed by atoms with van der Waals surface area (Å²) in [6.07, 6.45) is 4.10. The van der Waals surface area contributed by atoms with Crippen molar-refractivity contribution in [3.63, 3.8) is 0 Å². The molecule has 0 N–H and O–H groups in total. The van der Waals surface area contributed by atoms with Gasteiger partial charge in [0.1, 0.15) is 34.6 Å². The SMILES string of the molecule is CCCC1CCC(CCc2ccc3c(F)c(C(=O)Oc4cc(F)c(C=CC(F)(F)F)c(F)c4)c(F)cc3c2)CC1. The maximum atomic E-state index is 15.2. The first-order chi connectivity index (χ1) is 18.9. The Labute approximate surface area is 227 Å². The normalized spacial score (nSPS) is 18.0. The first kappa shape index (κ1) is 29.6. The number of carbonyl (C=O) groups is 1. The summed E-state index contributed by atoms with van der Waals surface area (Å²) in [5.74, 6) is -6.18. The zero-order valence-corrected chi connectivity index (χ0v) is 21.9. The molecule has 0 spiro atoms. The Hall–Kier alpha value is -3.36. The van der Waals surface area contributed by atoms with Crippen molar-refractivity contribution in [2.24, 2.45) is 11.8 Å². The lowest BCUT2D eigenvalue weighted by Gasteiger charge is -2.28. The van der Waals surface area contributed by atoms with E-state index in [1.54, 1.807) is 12.1 Å². The van der Waals surface area contributed by atoms with E-state index in [0.717, 1.165) is 30.4 Å². The zero-order chi connectivity index (χ0) is 29.0. The minimum absolute atomic E-state index is 0.0258. The lowest BCUT2D eigenvalue weighted by molar-refractivity contribution is -0.0790. The number of esters is 1. The number of allylic oxidation sites excluding steroid dienone is 1. The first-order valence-corrected chi connectivity index (χ1v) is 13.3. The van der Waals surface area contributed by atoms with Crippen LogP contribution in [0, 0.1) is 35.1 Å². The van der Waals surface area contributed by atoms with Crippen LogP contribution < -0.4 is 4.74 Å². The fraction of sp³-hybridized carbons (Fsp3) is 0.387. The summed E-state index contributed by atoms with van der Waals surface area (Å²) >= 11 is 0. The number of rotatable bonds is 8. The molecule has 0 unspecified atom stereocenters. The second kappa shape index (κ2) is 12.4. The molecule has 1 aliphatic carbocycles. The van der Waals surface area contributed by atoms with E-state index in [0.29, 0.717) is 18.1 Å². The molecule has 0 aliphatic heterocycles. The average molecular weight is 567 g/mol. The van der Waals surface area contributed by atoms with Gasteiger partial charge in [0.2, 0.25) is 0 Å². The summed E-state index contributed by atoms with van der Waals surface area (Å²) < 4.78 is 100. The van der Waals surface area contributed by atoms with Crippen LogP contribution in [0.15, 0.2) is 42.5 Å². The van der Waals surface area contributed by atoms with Gasteiger partial charge in [-0.2, -0.15) is 13.2 Å². The Morgan fingerprint density at radius 1 is 0.900 bits per heavy atom. The van der Waals surface area contributed by atoms with E-state index in [4.69, 9.17) is 4.74 Å². The van der Waals surface area contributed by atoms with E-state index in [-0.39, 0.29) is 22.9 Å². The molecule has 4 rings (SSSR count). The molecule has 9 heteroatoms. The summed E-state index contributed by atoms with van der Waals surface area (Å²) in [5.41, 5.74) is -1.14. The van der Waals surface area contributed by atoms with Gasteiger partial charge in [-0.3, -0.25) is 0 Å². The predicted molar refractivity (Wildman–Crippen MR) is 139 cm³/mol. The molecule has 3 aromatic carbocycles. The third-order valence-electron chi connectivity index (χ3n) is 7.50. The molecule has 1 fully saturated rings. The maximum absolute atomic E-state index is 15.2. The van der Waals surface area contributed by atoms with E-state index >= 15 is 4.39 Å². The van der Waals surface area contributed by atoms with Gasteiger partial charge in [-0.1, -0.05) is 63.6 Å². The van der Waals surface area contributed by atoms with Crippen molar-refractivity contribution >= 4 is 22.8 Å². The van der Waals surface area contributed by atoms with E-state index in [1.807, 2.05) is 0 Å². The Kier molecular flexibility index (Phi) is 9.21. The minimum atomic E-state index is -4.80. The molecular formula is C31H29F7O2. The molecule has 0 bridgehead atoms. The number of hydrogen-bond acceptors (Lipinski definition) is 2. The van der Waals surface area contributed by atoms with Gasteiger partial charge in [0.05, 0.1) is 0 Å². The number of ether oxygens (including phenoxy) is 1. The van der Waals surface area contributed by atoms with E-state index in [9.17, 15) is 31.1 Å². The van der Waals surface area contributed by atoms with Gasteiger partial charge in [0, 0.05) is 29.2 Å². The number of hydrogen-bond donors (Lipinski definition) is 0. The number of carbonyl (C=O) groups excluding carboxylic acids is 1. The minimum Gasteiger partial charge on any atom is -0.423 e. The monoisotopic (exact) mass is 566 g/mol. The van der Waals surface area contributed by atoms with Crippen LogP contribution in [0.3, 0.4) is 0 Å². The molecule has 2 nitrogen and oxygen atoms in total. The van der Waals surface area contributed by atoms with Crippen molar-refractivity contribution in [3.8, 4) is 5.75 Å². The average Bonchev–Trinajstić information content (AvgIpc) is 2.87. The molecule has 0 saturated heterocycles. The van der Waals surface area contributed by atoms with Crippen molar-refractivity contribution in [1.29, 1.82) is 0 Å². The van der Waals surface area contributed by atoms with E-state index in [2.05, 4.69) is 6.92 Å². The van der Waals surface area contributed by atoms with Gasteiger partial charge < -0.3 is 4.74 Å². The second-order valence-electron chi connectivity index (χ2n) is 10.4. The van der Waals surface area contributed by atoms with Crippen molar-refractivity contribution in [1.82, 2.24) is 0 Å². The lowest BCUT2D eigenvalue weighted by atomic mass is 9.78. The Morgan fingerprint density at radius 3 is 2.12 bits per heavy atom. The number of halogens is 7. The Bertz CT molecular complexity index is 1380. The number of aryl methyl sites for hydroxylation is 1. The van der Waals surface area contributed by atoms with Crippen LogP contribution in [-0.4, -0.2) is 12.1 Å². The fourth-order valence-electron chi connectivity index (χ4n) is 5.43. The van der Waals surface area contributed by atoms with Gasteiger partial charge in [-0.25, -0.2) is 22.4 Å². The second-order valence-corrected chi connectivity index (χ2v) is 10.4. The summed E-state index contributed by atoms with van der Waals surface area (Å²) in [7, 11) is 0. The van der Waals surface area contributed by atoms with Crippen LogP contribution in [0.4, 0.5) is 30.7 Å². The van der Waals surface area contributed by atoms with Gasteiger partial charge >= 0.3 is 12.1 Å². The summed E-state index contributed by atoms with van der Waals surface area (Å²) in [6, 6.07) is 6.76. The summed E-state index contributed by atoms with van der Waals surface area (Å²) in [6.45, 7) is 2.20. The Morgan fingerprint density at radius 2 is 1.52 bits per heavy atom. The highest BCUT2D eigenvalue weighted by Crippen LogP contribution is 2.34.